The van der Waals surface area contributed by atoms with E-state index >= 15 is 0 Å². The molecule has 0 atom stereocenters. The molecule has 6 N–H and O–H groups in total. The van der Waals surface area contributed by atoms with Gasteiger partial charge in [-0.15, -0.1) is 0 Å². The molecule has 26 heteroatoms. The van der Waals surface area contributed by atoms with Crippen molar-refractivity contribution in [2.75, 3.05) is 105 Å². The van der Waals surface area contributed by atoms with Crippen LogP contribution in [0.15, 0.2) is 90.5 Å². The van der Waals surface area contributed by atoms with Crippen LogP contribution in [-0.4, -0.2) is 159 Å². The van der Waals surface area contributed by atoms with Crippen molar-refractivity contribution < 1.29 is 233 Å². The number of furan rings is 4. The predicted octanol–water partition coefficient (Wildman–Crippen LogP) is 9.85. The number of aryl methyl sites for hydroxylation is 7. The minimum atomic E-state index is -1.02. The third-order valence-electron chi connectivity index (χ3n) is 13.8. The molecule has 0 fully saturated rings. The quantitative estimate of drug-likeness (QED) is 0.0161. The fourth-order valence-electron chi connectivity index (χ4n) is 9.59. The summed E-state index contributed by atoms with van der Waals surface area (Å²) in [6.07, 6.45) is 13.4. The maximum atomic E-state index is 11.3. The molecular weight excluding hydrogens is 1870 g/mol. The van der Waals surface area contributed by atoms with Gasteiger partial charge in [0.15, 0.2) is 71.8 Å². The van der Waals surface area contributed by atoms with Crippen molar-refractivity contribution >= 4 is 91.3 Å². The van der Waals surface area contributed by atoms with Crippen LogP contribution in [0.5, 0.6) is 23.0 Å². The van der Waals surface area contributed by atoms with Gasteiger partial charge in [-0.1, -0.05) is 61.9 Å². The second kappa shape index (κ2) is 47.8. The van der Waals surface area contributed by atoms with Gasteiger partial charge in [0.2, 0.25) is 0 Å². The number of carboxylic acid groups (broad SMARTS) is 1. The number of ether oxygens (including phenoxy) is 7. The van der Waals surface area contributed by atoms with Crippen LogP contribution in [-0.2, 0) is 84.8 Å². The number of para-hydroxylation sites is 4. The molecule has 0 saturated heterocycles. The van der Waals surface area contributed by atoms with Gasteiger partial charge < -0.3 is 81.5 Å². The first-order valence-electron chi connectivity index (χ1n) is 29.4. The molecule has 4 heterocycles. The van der Waals surface area contributed by atoms with Crippen LogP contribution < -0.4 is 18.9 Å². The summed E-state index contributed by atoms with van der Waals surface area (Å²) in [6.45, 7) is 1.68. The molecule has 4 aromatic carbocycles. The summed E-state index contributed by atoms with van der Waals surface area (Å²) < 4.78 is 59.2. The fourth-order valence-corrected chi connectivity index (χ4v) is 10.4. The number of hydrogen-bond acceptors (Lipinski definition) is 22. The molecule has 4 aromatic heterocycles. The van der Waals surface area contributed by atoms with Crippen molar-refractivity contribution in [1.29, 1.82) is 0 Å². The summed E-state index contributed by atoms with van der Waals surface area (Å²) in [6, 6.07) is 22.3. The van der Waals surface area contributed by atoms with Crippen LogP contribution in [0.4, 0.5) is 0 Å². The van der Waals surface area contributed by atoms with E-state index in [9.17, 15) is 24.3 Å². The first kappa shape index (κ1) is 85.0. The van der Waals surface area contributed by atoms with E-state index in [1.807, 2.05) is 42.5 Å². The maximum Gasteiger partial charge on any atom is 0.343 e. The zero-order valence-electron chi connectivity index (χ0n) is 53.3. The van der Waals surface area contributed by atoms with E-state index in [4.69, 9.17) is 62.1 Å². The van der Waals surface area contributed by atoms with Crippen LogP contribution in [0.2, 0.25) is 0 Å². The number of carbonyl (C=O) groups excluding carboxylic acids is 3. The first-order chi connectivity index (χ1) is 43.3. The van der Waals surface area contributed by atoms with Gasteiger partial charge in [-0.05, 0) is 99.6 Å². The minimum Gasteiger partial charge on any atom is -0.479 e. The van der Waals surface area contributed by atoms with E-state index in [-0.39, 0.29) is 185 Å². The van der Waals surface area contributed by atoms with Gasteiger partial charge >= 0.3 is 23.9 Å². The van der Waals surface area contributed by atoms with Gasteiger partial charge in [-0.25, -0.2) is 19.2 Å². The van der Waals surface area contributed by atoms with E-state index in [1.54, 1.807) is 53.9 Å². The minimum absolute atomic E-state index is 0. The van der Waals surface area contributed by atoms with Crippen LogP contribution in [0.3, 0.4) is 0 Å². The number of fused-ring (bicyclic) bond motifs is 4. The average molecular weight is 1960 g/mol. The SMILES string of the molecule is CCCc1c(CCCO)oc2c(OCC(=O)OC)cccc12.COC(=O)COc1cccc2c(CCO)c(CCCO)oc12.COC(=O)COc1cccc2c(CCSC)c(CCCO)oc12.CSCCc1c(CCCO)oc2c(OCC(=O)O)cccc12.[Ac].[Ac].[Ac]. The summed E-state index contributed by atoms with van der Waals surface area (Å²) in [5, 5.41) is 58.0. The number of aliphatic hydroxyl groups excluding tert-OH is 5. The van der Waals surface area contributed by atoms with E-state index in [1.165, 1.54) is 21.3 Å². The molecule has 0 amide bonds. The molecule has 0 aliphatic rings. The number of rotatable bonds is 34. The topological polar surface area (TPSA) is 307 Å². The molecule has 3 radical (unpaired) electrons. The van der Waals surface area contributed by atoms with Crippen molar-refractivity contribution in [3.8, 4) is 23.0 Å². The molecule has 0 saturated carbocycles. The molecular formula is C66H84Ac3O21S2. The van der Waals surface area contributed by atoms with Crippen molar-refractivity contribution in [3.63, 3.8) is 0 Å². The Bertz CT molecular complexity index is 3350. The van der Waals surface area contributed by atoms with Gasteiger partial charge in [0.25, 0.3) is 0 Å². The third-order valence-corrected chi connectivity index (χ3v) is 15.0. The van der Waals surface area contributed by atoms with Crippen LogP contribution in [0.25, 0.3) is 43.9 Å². The van der Waals surface area contributed by atoms with E-state index in [2.05, 4.69) is 33.6 Å². The molecule has 0 spiro atoms. The van der Waals surface area contributed by atoms with Crippen molar-refractivity contribution in [2.45, 2.75) is 90.4 Å². The number of hydrogen-bond donors (Lipinski definition) is 6. The molecule has 8 aromatic rings. The normalized spacial score (nSPS) is 10.6. The first-order valence-corrected chi connectivity index (χ1v) is 32.2. The molecule has 8 rings (SSSR count). The molecule has 0 bridgehead atoms. The number of carbonyl (C=O) groups is 4. The molecule has 92 heavy (non-hydrogen) atoms. The number of carboxylic acids is 1. The van der Waals surface area contributed by atoms with Crippen LogP contribution >= 0.6 is 23.5 Å². The Balaban J connectivity index is 0.000000413. The standard InChI is InChI=1S/C17H22O5S.C17H22O5.C16H20O6.C16H20O5S.3Ac/c1-20-16(19)11-21-15-6-3-5-13-12(8-10-23-2)14(7-4-9-18)22-17(13)15;1-3-6-12-13-7-4-8-15(21-11-16(19)20-2)17(13)22-14(12)9-5-10-18;1-20-15(19)10-21-14-5-2-4-12-11(7-9-18)13(6-3-8-17)22-16(12)14;1-22-9-7-11-12-4-2-5-14(20-10-15(18)19)16(12)21-13(11)6-3-8-17;;;/h3,5-6,18H,4,7-11H2,1-2H3;4,7-8,18H,3,5-6,9-11H2,1-2H3;2,4-5,17-18H,3,6-10H2,1H3;2,4-5,17H,3,6-10H2,1H3,(H,18,19);;;. The largest absolute Gasteiger partial charge is 0.479 e. The number of thioether (sulfide) groups is 2. The average Bonchev–Trinajstić information content (AvgIpc) is 1.71. The van der Waals surface area contributed by atoms with Crippen molar-refractivity contribution in [2.24, 2.45) is 0 Å². The Hall–Kier alpha value is -3.06. The number of benzene rings is 4. The fraction of sp³-hybridized carbons (Fsp3) is 0.455. The second-order valence-electron chi connectivity index (χ2n) is 19.8. The molecule has 21 nitrogen and oxygen atoms in total. The predicted molar refractivity (Wildman–Crippen MR) is 341 cm³/mol. The summed E-state index contributed by atoms with van der Waals surface area (Å²) >= 11 is 3.54. The molecule has 0 aliphatic carbocycles. The second-order valence-corrected chi connectivity index (χ2v) is 21.8. The summed E-state index contributed by atoms with van der Waals surface area (Å²) in [4.78, 5) is 44.4. The van der Waals surface area contributed by atoms with Crippen LogP contribution in [0, 0.1) is 132 Å². The van der Waals surface area contributed by atoms with E-state index in [0.717, 1.165) is 104 Å². The maximum absolute atomic E-state index is 11.3. The molecule has 495 valence electrons. The zero-order valence-corrected chi connectivity index (χ0v) is 69.1. The number of aliphatic carboxylic acids is 1. The van der Waals surface area contributed by atoms with Crippen molar-refractivity contribution in [3.05, 3.63) is 118 Å². The third kappa shape index (κ3) is 26.1. The Morgan fingerprint density at radius 3 is 0.902 bits per heavy atom. The van der Waals surface area contributed by atoms with Gasteiger partial charge in [-0.3, -0.25) is 0 Å². The number of esters is 3. The van der Waals surface area contributed by atoms with Gasteiger partial charge in [0.05, 0.1) is 21.3 Å². The monoisotopic (exact) mass is 1960 g/mol. The number of methoxy groups -OCH3 is 3. The summed E-state index contributed by atoms with van der Waals surface area (Å²) in [7, 11) is 3.95. The molecule has 0 unspecified atom stereocenters. The molecule has 0 aliphatic heterocycles. The Morgan fingerprint density at radius 1 is 0.391 bits per heavy atom. The Morgan fingerprint density at radius 2 is 0.663 bits per heavy atom. The number of aliphatic hydroxyl groups is 5. The van der Waals surface area contributed by atoms with Gasteiger partial charge in [0.1, 0.15) is 23.0 Å². The van der Waals surface area contributed by atoms with Gasteiger partial charge in [-0.2, -0.15) is 23.5 Å². The summed E-state index contributed by atoms with van der Waals surface area (Å²) in [5.41, 5.74) is 6.80. The smallest absolute Gasteiger partial charge is 0.343 e. The Labute approximate surface area is 652 Å². The van der Waals surface area contributed by atoms with Gasteiger partial charge in [0, 0.05) is 235 Å². The van der Waals surface area contributed by atoms with E-state index in [0.29, 0.717) is 103 Å². The zero-order chi connectivity index (χ0) is 64.5. The Kier molecular flexibility index (Phi) is 44.2. The van der Waals surface area contributed by atoms with E-state index < -0.39 is 30.5 Å². The van der Waals surface area contributed by atoms with Crippen molar-refractivity contribution in [1.82, 2.24) is 0 Å². The van der Waals surface area contributed by atoms with Crippen LogP contribution in [0.1, 0.15) is 84.3 Å². The summed E-state index contributed by atoms with van der Waals surface area (Å²) in [5.74, 6) is 4.94.